The third-order valence-electron chi connectivity index (χ3n) is 4.77. The molecule has 2 aromatic rings. The Morgan fingerprint density at radius 1 is 1.35 bits per heavy atom. The fraction of sp³-hybridized carbons (Fsp3) is 0.421. The highest BCUT2D eigenvalue weighted by Crippen LogP contribution is 2.33. The first-order valence-corrected chi connectivity index (χ1v) is 8.70. The van der Waals surface area contributed by atoms with Crippen LogP contribution < -0.4 is 15.8 Å². The zero-order valence-corrected chi connectivity index (χ0v) is 15.3. The summed E-state index contributed by atoms with van der Waals surface area (Å²) in [6.07, 6.45) is 0.349. The van der Waals surface area contributed by atoms with E-state index in [9.17, 15) is 9.59 Å². The number of nitrogens with one attached hydrogen (secondary N) is 2. The van der Waals surface area contributed by atoms with Crippen LogP contribution in [0.4, 0.5) is 11.6 Å². The van der Waals surface area contributed by atoms with Crippen molar-refractivity contribution < 1.29 is 9.53 Å². The summed E-state index contributed by atoms with van der Waals surface area (Å²) in [7, 11) is 1.61. The summed E-state index contributed by atoms with van der Waals surface area (Å²) >= 11 is 0. The van der Waals surface area contributed by atoms with Gasteiger partial charge in [0, 0.05) is 44.3 Å². The molecule has 0 radical (unpaired) electrons. The molecule has 0 saturated carbocycles. The molecule has 1 aromatic heterocycles. The van der Waals surface area contributed by atoms with Crippen molar-refractivity contribution in [3.05, 3.63) is 51.4 Å². The van der Waals surface area contributed by atoms with E-state index in [0.717, 1.165) is 16.8 Å². The summed E-state index contributed by atoms with van der Waals surface area (Å²) in [4.78, 5) is 33.5. The van der Waals surface area contributed by atoms with Crippen LogP contribution in [-0.2, 0) is 9.53 Å². The molecule has 1 aliphatic heterocycles. The van der Waals surface area contributed by atoms with E-state index >= 15 is 0 Å². The standard InChI is InChI=1S/C19H24N4O3/c1-12-5-4-6-16(13(12)2)23-11-14(9-18(23)25)15-10-17(24)22-19(21-15)20-7-8-26-3/h4-6,10,14H,7-9,11H2,1-3H3,(H2,20,21,22,24)/t14-/m1/s1. The number of rotatable bonds is 6. The number of carbonyl (C=O) groups is 1. The third-order valence-corrected chi connectivity index (χ3v) is 4.77. The van der Waals surface area contributed by atoms with E-state index in [-0.39, 0.29) is 17.4 Å². The second kappa shape index (κ2) is 7.70. The Hall–Kier alpha value is -2.67. The van der Waals surface area contributed by atoms with Crippen LogP contribution >= 0.6 is 0 Å². The van der Waals surface area contributed by atoms with E-state index in [1.807, 2.05) is 32.0 Å². The monoisotopic (exact) mass is 356 g/mol. The van der Waals surface area contributed by atoms with E-state index in [1.165, 1.54) is 6.07 Å². The predicted molar refractivity (Wildman–Crippen MR) is 101 cm³/mol. The van der Waals surface area contributed by atoms with Gasteiger partial charge in [-0.25, -0.2) is 4.98 Å². The zero-order chi connectivity index (χ0) is 18.7. The number of aryl methyl sites for hydroxylation is 1. The lowest BCUT2D eigenvalue weighted by atomic mass is 10.0. The number of hydrogen-bond donors (Lipinski definition) is 2. The van der Waals surface area contributed by atoms with Crippen molar-refractivity contribution in [2.45, 2.75) is 26.2 Å². The predicted octanol–water partition coefficient (Wildman–Crippen LogP) is 1.97. The molecule has 1 saturated heterocycles. The Balaban J connectivity index is 1.82. The summed E-state index contributed by atoms with van der Waals surface area (Å²) in [6.45, 7) is 5.64. The Kier molecular flexibility index (Phi) is 5.37. The second-order valence-electron chi connectivity index (χ2n) is 6.56. The largest absolute Gasteiger partial charge is 0.383 e. The van der Waals surface area contributed by atoms with Gasteiger partial charge in [0.2, 0.25) is 11.9 Å². The van der Waals surface area contributed by atoms with Gasteiger partial charge in [0.15, 0.2) is 0 Å². The molecule has 3 rings (SSSR count). The molecule has 1 fully saturated rings. The quantitative estimate of drug-likeness (QED) is 0.773. The van der Waals surface area contributed by atoms with Gasteiger partial charge in [-0.1, -0.05) is 12.1 Å². The number of H-pyrrole nitrogens is 1. The van der Waals surface area contributed by atoms with E-state index in [4.69, 9.17) is 4.74 Å². The number of methoxy groups -OCH3 is 1. The second-order valence-corrected chi connectivity index (χ2v) is 6.56. The number of aromatic amines is 1. The van der Waals surface area contributed by atoms with Crippen LogP contribution in [0.25, 0.3) is 0 Å². The van der Waals surface area contributed by atoms with Crippen molar-refractivity contribution in [3.8, 4) is 0 Å². The van der Waals surface area contributed by atoms with Crippen molar-refractivity contribution in [3.63, 3.8) is 0 Å². The minimum atomic E-state index is -0.229. The summed E-state index contributed by atoms with van der Waals surface area (Å²) in [5, 5.41) is 3.03. The van der Waals surface area contributed by atoms with Crippen molar-refractivity contribution >= 4 is 17.5 Å². The van der Waals surface area contributed by atoms with Gasteiger partial charge >= 0.3 is 0 Å². The van der Waals surface area contributed by atoms with E-state index in [0.29, 0.717) is 37.8 Å². The summed E-state index contributed by atoms with van der Waals surface area (Å²) in [6, 6.07) is 7.44. The maximum absolute atomic E-state index is 12.6. The number of anilines is 2. The number of benzene rings is 1. The fourth-order valence-corrected chi connectivity index (χ4v) is 3.21. The van der Waals surface area contributed by atoms with Gasteiger partial charge in [-0.2, -0.15) is 0 Å². The molecule has 7 nitrogen and oxygen atoms in total. The molecule has 1 aromatic carbocycles. The SMILES string of the molecule is COCCNc1nc([C@@H]2CC(=O)N(c3cccc(C)c3C)C2)cc(=O)[nH]1. The Morgan fingerprint density at radius 3 is 2.92 bits per heavy atom. The highest BCUT2D eigenvalue weighted by Gasteiger charge is 2.33. The molecule has 1 amide bonds. The number of amides is 1. The van der Waals surface area contributed by atoms with Crippen molar-refractivity contribution in [2.24, 2.45) is 0 Å². The molecule has 2 N–H and O–H groups in total. The molecule has 7 heteroatoms. The van der Waals surface area contributed by atoms with Gasteiger partial charge in [-0.05, 0) is 31.0 Å². The molecule has 0 spiro atoms. The van der Waals surface area contributed by atoms with Gasteiger partial charge in [-0.15, -0.1) is 0 Å². The first kappa shape index (κ1) is 18.1. The molecule has 1 atom stereocenters. The first-order chi connectivity index (χ1) is 12.5. The maximum Gasteiger partial charge on any atom is 0.252 e. The number of aromatic nitrogens is 2. The Morgan fingerprint density at radius 2 is 2.15 bits per heavy atom. The summed E-state index contributed by atoms with van der Waals surface area (Å²) in [5.41, 5.74) is 3.59. The molecular formula is C19H24N4O3. The Labute approximate surface area is 152 Å². The van der Waals surface area contributed by atoms with Gasteiger partial charge in [0.05, 0.1) is 12.3 Å². The normalized spacial score (nSPS) is 17.0. The first-order valence-electron chi connectivity index (χ1n) is 8.70. The van der Waals surface area contributed by atoms with Crippen LogP contribution in [0, 0.1) is 13.8 Å². The van der Waals surface area contributed by atoms with E-state index in [2.05, 4.69) is 15.3 Å². The van der Waals surface area contributed by atoms with Gasteiger partial charge < -0.3 is 15.0 Å². The molecule has 0 bridgehead atoms. The lowest BCUT2D eigenvalue weighted by Crippen LogP contribution is -2.25. The van der Waals surface area contributed by atoms with Crippen LogP contribution in [0.2, 0.25) is 0 Å². The molecular weight excluding hydrogens is 332 g/mol. The topological polar surface area (TPSA) is 87.3 Å². The molecule has 26 heavy (non-hydrogen) atoms. The Bertz CT molecular complexity index is 862. The summed E-state index contributed by atoms with van der Waals surface area (Å²) < 4.78 is 4.99. The zero-order valence-electron chi connectivity index (χ0n) is 15.3. The molecule has 138 valence electrons. The maximum atomic E-state index is 12.6. The molecule has 0 unspecified atom stereocenters. The lowest BCUT2D eigenvalue weighted by Gasteiger charge is -2.20. The minimum Gasteiger partial charge on any atom is -0.383 e. The highest BCUT2D eigenvalue weighted by atomic mass is 16.5. The van der Waals surface area contributed by atoms with Gasteiger partial charge in [0.25, 0.3) is 5.56 Å². The third kappa shape index (κ3) is 3.77. The lowest BCUT2D eigenvalue weighted by molar-refractivity contribution is -0.117. The van der Waals surface area contributed by atoms with E-state index < -0.39 is 0 Å². The van der Waals surface area contributed by atoms with Crippen LogP contribution in [-0.4, -0.2) is 42.7 Å². The fourth-order valence-electron chi connectivity index (χ4n) is 3.21. The average molecular weight is 356 g/mol. The number of hydrogen-bond acceptors (Lipinski definition) is 5. The number of ether oxygens (including phenoxy) is 1. The van der Waals surface area contributed by atoms with Crippen LogP contribution in [0.1, 0.15) is 29.2 Å². The average Bonchev–Trinajstić information content (AvgIpc) is 2.99. The molecule has 1 aliphatic rings. The molecule has 0 aliphatic carbocycles. The number of nitrogens with zero attached hydrogens (tertiary/aromatic N) is 2. The van der Waals surface area contributed by atoms with Crippen LogP contribution in [0.5, 0.6) is 0 Å². The van der Waals surface area contributed by atoms with Gasteiger partial charge in [0.1, 0.15) is 0 Å². The smallest absolute Gasteiger partial charge is 0.252 e. The molecule has 2 heterocycles. The number of carbonyl (C=O) groups excluding carboxylic acids is 1. The van der Waals surface area contributed by atoms with Crippen molar-refractivity contribution in [1.82, 2.24) is 9.97 Å². The van der Waals surface area contributed by atoms with Crippen LogP contribution in [0.15, 0.2) is 29.1 Å². The van der Waals surface area contributed by atoms with Crippen LogP contribution in [0.3, 0.4) is 0 Å². The minimum absolute atomic E-state index is 0.0553. The van der Waals surface area contributed by atoms with Crippen molar-refractivity contribution in [2.75, 3.05) is 37.0 Å². The van der Waals surface area contributed by atoms with Crippen molar-refractivity contribution in [1.29, 1.82) is 0 Å². The highest BCUT2D eigenvalue weighted by molar-refractivity contribution is 5.97. The van der Waals surface area contributed by atoms with E-state index in [1.54, 1.807) is 12.0 Å². The van der Waals surface area contributed by atoms with Gasteiger partial charge in [-0.3, -0.25) is 14.6 Å². The summed E-state index contributed by atoms with van der Waals surface area (Å²) in [5.74, 6) is 0.356.